The first kappa shape index (κ1) is 18.1. The summed E-state index contributed by atoms with van der Waals surface area (Å²) in [6.45, 7) is 4.38. The summed E-state index contributed by atoms with van der Waals surface area (Å²) < 4.78 is 0. The predicted octanol–water partition coefficient (Wildman–Crippen LogP) is 1.64. The second-order valence-corrected chi connectivity index (χ2v) is 8.82. The maximum atomic E-state index is 12.9. The summed E-state index contributed by atoms with van der Waals surface area (Å²) in [5.74, 6) is -0.497. The van der Waals surface area contributed by atoms with Crippen molar-refractivity contribution in [1.82, 2.24) is 9.80 Å². The molecule has 6 heteroatoms. The van der Waals surface area contributed by atoms with Crippen molar-refractivity contribution >= 4 is 17.5 Å². The number of likely N-dealkylation sites (tertiary alicyclic amines) is 1. The van der Waals surface area contributed by atoms with E-state index in [-0.39, 0.29) is 11.9 Å². The van der Waals surface area contributed by atoms with Gasteiger partial charge in [0.25, 0.3) is 5.91 Å². The number of rotatable bonds is 6. The standard InChI is InChI=1S/C22H29N4O2/c23-19(27)20-25-14-3-4-18(25)21(28)26(20)17-7-5-16(6-8-17)22(9-10-22)11-15-24-12-1-2-13-24/h4-8,18,20H,1-3,9-15H2,(H2,23,27)/t18-,20?/m0/s1. The van der Waals surface area contributed by atoms with Crippen molar-refractivity contribution in [2.45, 2.75) is 56.1 Å². The van der Waals surface area contributed by atoms with E-state index in [0.717, 1.165) is 12.1 Å². The van der Waals surface area contributed by atoms with Gasteiger partial charge in [-0.25, -0.2) is 0 Å². The fraction of sp³-hybridized carbons (Fsp3) is 0.591. The highest BCUT2D eigenvalue weighted by molar-refractivity contribution is 6.06. The number of nitrogens with zero attached hydrogens (tertiary/aromatic N) is 3. The molecule has 1 saturated carbocycles. The van der Waals surface area contributed by atoms with Crippen LogP contribution in [0.2, 0.25) is 0 Å². The number of hydrogen-bond donors (Lipinski definition) is 1. The SMILES string of the molecule is NC(=O)C1N(c2ccc(C3(CCN4CCCC4)CC3)cc2)C(=O)[C@@H]2[CH]CCN12. The van der Waals surface area contributed by atoms with Gasteiger partial charge in [0, 0.05) is 12.2 Å². The highest BCUT2D eigenvalue weighted by atomic mass is 16.2. The third kappa shape index (κ3) is 2.94. The molecule has 1 aliphatic carbocycles. The van der Waals surface area contributed by atoms with Crippen molar-refractivity contribution in [2.24, 2.45) is 5.73 Å². The number of benzene rings is 1. The van der Waals surface area contributed by atoms with Crippen LogP contribution in [0, 0.1) is 6.42 Å². The van der Waals surface area contributed by atoms with Crippen molar-refractivity contribution in [3.05, 3.63) is 36.2 Å². The van der Waals surface area contributed by atoms with Crippen LogP contribution in [0.1, 0.15) is 44.1 Å². The Hall–Kier alpha value is -1.92. The zero-order valence-electron chi connectivity index (χ0n) is 16.3. The number of hydrogen-bond acceptors (Lipinski definition) is 4. The summed E-state index contributed by atoms with van der Waals surface area (Å²) in [6.07, 6.45) is 8.52. The smallest absolute Gasteiger partial charge is 0.255 e. The lowest BCUT2D eigenvalue weighted by Crippen LogP contribution is -2.49. The molecule has 3 saturated heterocycles. The van der Waals surface area contributed by atoms with Crippen molar-refractivity contribution in [3.8, 4) is 0 Å². The van der Waals surface area contributed by atoms with E-state index in [0.29, 0.717) is 12.0 Å². The van der Waals surface area contributed by atoms with E-state index < -0.39 is 12.1 Å². The second-order valence-electron chi connectivity index (χ2n) is 8.82. The Balaban J connectivity index is 1.33. The van der Waals surface area contributed by atoms with Gasteiger partial charge >= 0.3 is 0 Å². The number of anilines is 1. The number of nitrogens with two attached hydrogens (primary N) is 1. The Bertz CT molecular complexity index is 767. The van der Waals surface area contributed by atoms with Gasteiger partial charge in [0.2, 0.25) is 5.91 Å². The minimum absolute atomic E-state index is 0.0378. The van der Waals surface area contributed by atoms with Crippen LogP contribution in [0.5, 0.6) is 0 Å². The fourth-order valence-corrected chi connectivity index (χ4v) is 5.33. The van der Waals surface area contributed by atoms with E-state index in [1.807, 2.05) is 23.5 Å². The molecule has 4 fully saturated rings. The van der Waals surface area contributed by atoms with Gasteiger partial charge < -0.3 is 10.6 Å². The minimum Gasteiger partial charge on any atom is -0.367 e. The molecule has 0 bridgehead atoms. The Labute approximate surface area is 166 Å². The lowest BCUT2D eigenvalue weighted by atomic mass is 9.92. The van der Waals surface area contributed by atoms with Gasteiger partial charge in [-0.3, -0.25) is 19.4 Å². The summed E-state index contributed by atoms with van der Waals surface area (Å²) in [6, 6.07) is 8.00. The maximum absolute atomic E-state index is 12.9. The Kier molecular flexibility index (Phi) is 4.43. The second kappa shape index (κ2) is 6.85. The minimum atomic E-state index is -0.674. The molecule has 1 radical (unpaired) electrons. The molecule has 1 aromatic rings. The molecular formula is C22H29N4O2. The normalized spacial score (nSPS) is 29.4. The molecule has 0 spiro atoms. The third-order valence-corrected chi connectivity index (χ3v) is 7.15. The Morgan fingerprint density at radius 3 is 2.46 bits per heavy atom. The molecule has 149 valence electrons. The molecule has 1 unspecified atom stereocenters. The van der Waals surface area contributed by atoms with E-state index in [2.05, 4.69) is 17.0 Å². The molecule has 3 heterocycles. The number of carbonyl (C=O) groups excluding carboxylic acids is 2. The van der Waals surface area contributed by atoms with Crippen LogP contribution >= 0.6 is 0 Å². The van der Waals surface area contributed by atoms with E-state index >= 15 is 0 Å². The van der Waals surface area contributed by atoms with E-state index in [1.54, 1.807) is 4.90 Å². The molecule has 5 rings (SSSR count). The number of fused-ring (bicyclic) bond motifs is 1. The largest absolute Gasteiger partial charge is 0.367 e. The average Bonchev–Trinajstić information content (AvgIpc) is 3.04. The number of primary amides is 1. The van der Waals surface area contributed by atoms with E-state index in [9.17, 15) is 9.59 Å². The Morgan fingerprint density at radius 1 is 1.11 bits per heavy atom. The number of amides is 2. The topological polar surface area (TPSA) is 69.9 Å². The molecule has 6 nitrogen and oxygen atoms in total. The summed E-state index contributed by atoms with van der Waals surface area (Å²) in [5.41, 5.74) is 8.11. The van der Waals surface area contributed by atoms with Crippen LogP contribution in [-0.4, -0.2) is 60.0 Å². The van der Waals surface area contributed by atoms with Crippen LogP contribution < -0.4 is 10.6 Å². The van der Waals surface area contributed by atoms with Crippen LogP contribution in [0.3, 0.4) is 0 Å². The van der Waals surface area contributed by atoms with Crippen LogP contribution in [0.4, 0.5) is 5.69 Å². The first-order valence-electron chi connectivity index (χ1n) is 10.6. The molecule has 1 aromatic carbocycles. The molecule has 3 aliphatic heterocycles. The van der Waals surface area contributed by atoms with Gasteiger partial charge in [0.1, 0.15) is 0 Å². The monoisotopic (exact) mass is 381 g/mol. The van der Waals surface area contributed by atoms with Crippen molar-refractivity contribution in [3.63, 3.8) is 0 Å². The highest BCUT2D eigenvalue weighted by Gasteiger charge is 2.51. The predicted molar refractivity (Wildman–Crippen MR) is 108 cm³/mol. The van der Waals surface area contributed by atoms with Gasteiger partial charge in [-0.2, -0.15) is 0 Å². The third-order valence-electron chi connectivity index (χ3n) is 7.15. The van der Waals surface area contributed by atoms with Crippen LogP contribution in [0.25, 0.3) is 0 Å². The average molecular weight is 382 g/mol. The van der Waals surface area contributed by atoms with Gasteiger partial charge in [0.15, 0.2) is 6.17 Å². The summed E-state index contributed by atoms with van der Waals surface area (Å²) in [5, 5.41) is 0. The van der Waals surface area contributed by atoms with Gasteiger partial charge in [-0.1, -0.05) is 12.1 Å². The quantitative estimate of drug-likeness (QED) is 0.813. The van der Waals surface area contributed by atoms with Crippen molar-refractivity contribution in [2.75, 3.05) is 31.1 Å². The van der Waals surface area contributed by atoms with Crippen molar-refractivity contribution < 1.29 is 9.59 Å². The van der Waals surface area contributed by atoms with Gasteiger partial charge in [-0.05, 0) is 87.7 Å². The molecule has 2 atom stereocenters. The van der Waals surface area contributed by atoms with Crippen LogP contribution in [0.15, 0.2) is 24.3 Å². The molecule has 4 aliphatic rings. The molecular weight excluding hydrogens is 352 g/mol. The molecule has 0 aromatic heterocycles. The van der Waals surface area contributed by atoms with Gasteiger partial charge in [0.05, 0.1) is 6.04 Å². The lowest BCUT2D eigenvalue weighted by molar-refractivity contribution is -0.122. The fourth-order valence-electron chi connectivity index (χ4n) is 5.33. The van der Waals surface area contributed by atoms with E-state index in [4.69, 9.17) is 5.73 Å². The first-order chi connectivity index (χ1) is 13.6. The zero-order valence-corrected chi connectivity index (χ0v) is 16.3. The number of carbonyl (C=O) groups is 2. The first-order valence-corrected chi connectivity index (χ1v) is 10.6. The molecule has 2 amide bonds. The highest BCUT2D eigenvalue weighted by Crippen LogP contribution is 2.51. The van der Waals surface area contributed by atoms with Crippen molar-refractivity contribution in [1.29, 1.82) is 0 Å². The Morgan fingerprint density at radius 2 is 1.82 bits per heavy atom. The van der Waals surface area contributed by atoms with Gasteiger partial charge in [-0.15, -0.1) is 0 Å². The zero-order chi connectivity index (χ0) is 19.3. The molecule has 2 N–H and O–H groups in total. The summed E-state index contributed by atoms with van der Waals surface area (Å²) in [4.78, 5) is 31.1. The van der Waals surface area contributed by atoms with Crippen LogP contribution in [-0.2, 0) is 15.0 Å². The summed E-state index contributed by atoms with van der Waals surface area (Å²) >= 11 is 0. The molecule has 28 heavy (non-hydrogen) atoms. The maximum Gasteiger partial charge on any atom is 0.255 e. The summed E-state index contributed by atoms with van der Waals surface area (Å²) in [7, 11) is 0. The van der Waals surface area contributed by atoms with E-state index in [1.165, 1.54) is 57.3 Å². The lowest BCUT2D eigenvalue weighted by Gasteiger charge is -2.27.